The monoisotopic (exact) mass is 327 g/mol. The third kappa shape index (κ3) is 3.48. The largest absolute Gasteiger partial charge is 0.343 e. The zero-order valence-corrected chi connectivity index (χ0v) is 13.5. The van der Waals surface area contributed by atoms with Crippen molar-refractivity contribution in [2.24, 2.45) is 0 Å². The fourth-order valence-electron chi connectivity index (χ4n) is 2.50. The van der Waals surface area contributed by atoms with Gasteiger partial charge in [-0.3, -0.25) is 14.1 Å². The Balaban J connectivity index is 1.87. The maximum Gasteiger partial charge on any atom is 0.272 e. The number of benzene rings is 2. The number of hydrogen-bond donors (Lipinski definition) is 2. The molecule has 1 heterocycles. The van der Waals surface area contributed by atoms with Crippen molar-refractivity contribution in [2.75, 3.05) is 12.0 Å². The van der Waals surface area contributed by atoms with E-state index in [-0.39, 0.29) is 11.9 Å². The van der Waals surface area contributed by atoms with Crippen molar-refractivity contribution in [3.63, 3.8) is 0 Å². The van der Waals surface area contributed by atoms with Crippen LogP contribution in [0.25, 0.3) is 10.9 Å². The van der Waals surface area contributed by atoms with E-state index in [2.05, 4.69) is 15.5 Å². The zero-order chi connectivity index (χ0) is 16.2. The molecule has 1 amide bonds. The summed E-state index contributed by atoms with van der Waals surface area (Å²) < 4.78 is 11.6. The van der Waals surface area contributed by atoms with Gasteiger partial charge in [-0.2, -0.15) is 5.10 Å². The van der Waals surface area contributed by atoms with Gasteiger partial charge >= 0.3 is 0 Å². The van der Waals surface area contributed by atoms with Crippen LogP contribution in [0.15, 0.2) is 54.6 Å². The molecule has 2 aromatic carbocycles. The number of carbonyl (C=O) groups excluding carboxylic acids is 1. The second kappa shape index (κ2) is 6.75. The fourth-order valence-corrected chi connectivity index (χ4v) is 3.25. The van der Waals surface area contributed by atoms with Crippen LogP contribution < -0.4 is 5.32 Å². The van der Waals surface area contributed by atoms with Gasteiger partial charge in [-0.15, -0.1) is 0 Å². The van der Waals surface area contributed by atoms with E-state index in [1.807, 2.05) is 54.6 Å². The first-order valence-corrected chi connectivity index (χ1v) is 8.97. The van der Waals surface area contributed by atoms with E-state index in [9.17, 15) is 9.00 Å². The lowest BCUT2D eigenvalue weighted by atomic mass is 10.1. The minimum Gasteiger partial charge on any atom is -0.343 e. The van der Waals surface area contributed by atoms with Crippen molar-refractivity contribution in [1.29, 1.82) is 0 Å². The zero-order valence-electron chi connectivity index (χ0n) is 12.7. The first-order chi connectivity index (χ1) is 11.1. The van der Waals surface area contributed by atoms with E-state index in [4.69, 9.17) is 0 Å². The summed E-state index contributed by atoms with van der Waals surface area (Å²) in [5, 5.41) is 10.7. The number of nitrogens with zero attached hydrogens (tertiary/aromatic N) is 1. The van der Waals surface area contributed by atoms with Gasteiger partial charge in [-0.25, -0.2) is 0 Å². The van der Waals surface area contributed by atoms with Crippen molar-refractivity contribution in [3.05, 3.63) is 65.9 Å². The van der Waals surface area contributed by atoms with Gasteiger partial charge in [-0.05, 0) is 11.6 Å². The van der Waals surface area contributed by atoms with Crippen LogP contribution in [0.2, 0.25) is 0 Å². The van der Waals surface area contributed by atoms with E-state index < -0.39 is 10.8 Å². The second-order valence-corrected chi connectivity index (χ2v) is 6.77. The Bertz CT molecular complexity index is 845. The topological polar surface area (TPSA) is 74.8 Å². The average molecular weight is 327 g/mol. The molecular weight excluding hydrogens is 310 g/mol. The molecule has 0 aliphatic carbocycles. The molecule has 0 unspecified atom stereocenters. The van der Waals surface area contributed by atoms with Gasteiger partial charge in [0, 0.05) is 28.2 Å². The Morgan fingerprint density at radius 3 is 2.61 bits per heavy atom. The van der Waals surface area contributed by atoms with Gasteiger partial charge in [0.05, 0.1) is 11.6 Å². The molecular formula is C17H17N3O2S. The number of para-hydroxylation sites is 1. The summed E-state index contributed by atoms with van der Waals surface area (Å²) in [4.78, 5) is 12.6. The second-order valence-electron chi connectivity index (χ2n) is 5.29. The third-order valence-corrected chi connectivity index (χ3v) is 4.40. The molecule has 0 spiro atoms. The number of carbonyl (C=O) groups is 1. The van der Waals surface area contributed by atoms with Crippen molar-refractivity contribution in [2.45, 2.75) is 6.04 Å². The molecule has 0 fully saturated rings. The Morgan fingerprint density at radius 2 is 1.87 bits per heavy atom. The minimum atomic E-state index is -1.03. The van der Waals surface area contributed by atoms with Crippen LogP contribution in [0, 0.1) is 0 Å². The van der Waals surface area contributed by atoms with Crippen LogP contribution in [0.5, 0.6) is 0 Å². The molecule has 0 saturated heterocycles. The number of rotatable bonds is 5. The average Bonchev–Trinajstić information content (AvgIpc) is 2.99. The molecule has 118 valence electrons. The maximum absolute atomic E-state index is 12.6. The first-order valence-electron chi connectivity index (χ1n) is 7.24. The highest BCUT2D eigenvalue weighted by Crippen LogP contribution is 2.18. The number of H-pyrrole nitrogens is 1. The number of hydrogen-bond acceptors (Lipinski definition) is 3. The Morgan fingerprint density at radius 1 is 1.17 bits per heavy atom. The van der Waals surface area contributed by atoms with Gasteiger partial charge in [0.2, 0.25) is 0 Å². The van der Waals surface area contributed by atoms with Crippen molar-refractivity contribution >= 4 is 27.6 Å². The van der Waals surface area contributed by atoms with Crippen LogP contribution in [-0.2, 0) is 10.8 Å². The van der Waals surface area contributed by atoms with Crippen LogP contribution in [0.3, 0.4) is 0 Å². The van der Waals surface area contributed by atoms with Crippen LogP contribution >= 0.6 is 0 Å². The van der Waals surface area contributed by atoms with E-state index in [0.717, 1.165) is 16.5 Å². The third-order valence-electron chi connectivity index (χ3n) is 3.59. The first kappa shape index (κ1) is 15.4. The summed E-state index contributed by atoms with van der Waals surface area (Å²) in [7, 11) is -1.03. The lowest BCUT2D eigenvalue weighted by Gasteiger charge is -2.17. The summed E-state index contributed by atoms with van der Waals surface area (Å²) in [6.45, 7) is 0. The number of aromatic amines is 1. The van der Waals surface area contributed by atoms with E-state index in [1.165, 1.54) is 0 Å². The molecule has 0 bridgehead atoms. The van der Waals surface area contributed by atoms with E-state index in [1.54, 1.807) is 6.26 Å². The number of nitrogens with one attached hydrogen (secondary N) is 2. The van der Waals surface area contributed by atoms with E-state index in [0.29, 0.717) is 11.4 Å². The molecule has 0 saturated carbocycles. The number of aromatic nitrogens is 2. The lowest BCUT2D eigenvalue weighted by Crippen LogP contribution is -2.32. The number of fused-ring (bicyclic) bond motifs is 1. The highest BCUT2D eigenvalue weighted by atomic mass is 32.2. The SMILES string of the molecule is C[S@@](=O)C[C@@H](NC(=O)c1n[nH]c2ccccc12)c1ccccc1. The molecule has 2 N–H and O–H groups in total. The van der Waals surface area contributed by atoms with Crippen LogP contribution in [-0.4, -0.2) is 32.3 Å². The fraction of sp³-hybridized carbons (Fsp3) is 0.176. The lowest BCUT2D eigenvalue weighted by molar-refractivity contribution is 0.0937. The van der Waals surface area contributed by atoms with Crippen molar-refractivity contribution < 1.29 is 9.00 Å². The highest BCUT2D eigenvalue weighted by molar-refractivity contribution is 7.84. The smallest absolute Gasteiger partial charge is 0.272 e. The number of amides is 1. The predicted octanol–water partition coefficient (Wildman–Crippen LogP) is 2.41. The van der Waals surface area contributed by atoms with Crippen molar-refractivity contribution in [1.82, 2.24) is 15.5 Å². The molecule has 23 heavy (non-hydrogen) atoms. The minimum absolute atomic E-state index is 0.276. The highest BCUT2D eigenvalue weighted by Gasteiger charge is 2.20. The quantitative estimate of drug-likeness (QED) is 0.756. The Kier molecular flexibility index (Phi) is 4.52. The molecule has 5 nitrogen and oxygen atoms in total. The van der Waals surface area contributed by atoms with Gasteiger partial charge in [0.25, 0.3) is 5.91 Å². The molecule has 2 atom stereocenters. The molecule has 6 heteroatoms. The molecule has 1 aromatic heterocycles. The Hall–Kier alpha value is -2.47. The van der Waals surface area contributed by atoms with E-state index >= 15 is 0 Å². The Labute approximate surface area is 136 Å². The van der Waals surface area contributed by atoms with Crippen LogP contribution in [0.1, 0.15) is 22.1 Å². The maximum atomic E-state index is 12.6. The van der Waals surface area contributed by atoms with Gasteiger partial charge < -0.3 is 5.32 Å². The molecule has 0 radical (unpaired) electrons. The van der Waals surface area contributed by atoms with Gasteiger partial charge in [0.1, 0.15) is 0 Å². The summed E-state index contributed by atoms with van der Waals surface area (Å²) in [5.74, 6) is 0.0831. The predicted molar refractivity (Wildman–Crippen MR) is 91.7 cm³/mol. The standard InChI is InChI=1S/C17H17N3O2S/c1-23(22)11-15(12-7-3-2-4-8-12)18-17(21)16-13-9-5-6-10-14(13)19-20-16/h2-10,15H,11H2,1H3,(H,18,21)(H,19,20)/t15-,23-/m1/s1. The molecule has 0 aliphatic heterocycles. The van der Waals surface area contributed by atoms with Gasteiger partial charge in [-0.1, -0.05) is 48.5 Å². The van der Waals surface area contributed by atoms with Crippen molar-refractivity contribution in [3.8, 4) is 0 Å². The summed E-state index contributed by atoms with van der Waals surface area (Å²) in [6.07, 6.45) is 1.63. The van der Waals surface area contributed by atoms with Gasteiger partial charge in [0.15, 0.2) is 5.69 Å². The normalized spacial score (nSPS) is 13.6. The summed E-state index contributed by atoms with van der Waals surface area (Å²) >= 11 is 0. The molecule has 3 rings (SSSR count). The summed E-state index contributed by atoms with van der Waals surface area (Å²) in [5.41, 5.74) is 2.09. The molecule has 0 aliphatic rings. The molecule has 3 aromatic rings. The summed E-state index contributed by atoms with van der Waals surface area (Å²) in [6, 6.07) is 16.7. The van der Waals surface area contributed by atoms with Crippen LogP contribution in [0.4, 0.5) is 0 Å².